The third-order valence-electron chi connectivity index (χ3n) is 2.42. The van der Waals surface area contributed by atoms with E-state index in [1.165, 1.54) is 12.1 Å². The fourth-order valence-corrected chi connectivity index (χ4v) is 1.72. The molecule has 2 aromatic rings. The van der Waals surface area contributed by atoms with Crippen LogP contribution in [-0.4, -0.2) is 4.92 Å². The summed E-state index contributed by atoms with van der Waals surface area (Å²) >= 11 is 5.68. The van der Waals surface area contributed by atoms with Gasteiger partial charge in [0.25, 0.3) is 0 Å². The predicted molar refractivity (Wildman–Crippen MR) is 69.1 cm³/mol. The lowest BCUT2D eigenvalue weighted by Crippen LogP contribution is -1.96. The lowest BCUT2D eigenvalue weighted by Gasteiger charge is -2.08. The van der Waals surface area contributed by atoms with Gasteiger partial charge < -0.3 is 4.74 Å². The molecule has 0 unspecified atom stereocenters. The van der Waals surface area contributed by atoms with Gasteiger partial charge in [-0.05, 0) is 23.8 Å². The van der Waals surface area contributed by atoms with Gasteiger partial charge in [0.05, 0.1) is 4.92 Å². The van der Waals surface area contributed by atoms with E-state index in [2.05, 4.69) is 0 Å². The van der Waals surface area contributed by atoms with Gasteiger partial charge in [0.1, 0.15) is 5.75 Å². The summed E-state index contributed by atoms with van der Waals surface area (Å²) in [5.74, 6) is -0.618. The zero-order valence-corrected chi connectivity index (χ0v) is 10.4. The Balaban J connectivity index is 2.40. The number of rotatable bonds is 4. The van der Waals surface area contributed by atoms with Crippen LogP contribution in [-0.2, 0) is 5.88 Å². The van der Waals surface area contributed by atoms with Gasteiger partial charge in [-0.25, -0.2) is 4.39 Å². The van der Waals surface area contributed by atoms with Crippen LogP contribution in [0.1, 0.15) is 5.56 Å². The van der Waals surface area contributed by atoms with Crippen molar-refractivity contribution in [3.05, 3.63) is 64.0 Å². The van der Waals surface area contributed by atoms with Crippen molar-refractivity contribution in [3.63, 3.8) is 0 Å². The van der Waals surface area contributed by atoms with Crippen LogP contribution >= 0.6 is 11.6 Å². The average molecular weight is 282 g/mol. The molecule has 0 heterocycles. The molecule has 2 aromatic carbocycles. The molecule has 0 saturated heterocycles. The summed E-state index contributed by atoms with van der Waals surface area (Å²) < 4.78 is 18.9. The Morgan fingerprint density at radius 1 is 1.26 bits per heavy atom. The van der Waals surface area contributed by atoms with Crippen molar-refractivity contribution in [1.82, 2.24) is 0 Å². The molecule has 2 rings (SSSR count). The quantitative estimate of drug-likeness (QED) is 0.478. The average Bonchev–Trinajstić information content (AvgIpc) is 2.41. The first-order valence-electron chi connectivity index (χ1n) is 5.37. The molecule has 0 aliphatic heterocycles. The van der Waals surface area contributed by atoms with Crippen LogP contribution in [0.25, 0.3) is 0 Å². The van der Waals surface area contributed by atoms with E-state index in [1.807, 2.05) is 0 Å². The largest absolute Gasteiger partial charge is 0.447 e. The molecule has 4 nitrogen and oxygen atoms in total. The maximum atomic E-state index is 13.6. The molecular formula is C13H9ClFNO3. The second kappa shape index (κ2) is 5.67. The molecule has 0 bridgehead atoms. The minimum Gasteiger partial charge on any atom is -0.447 e. The highest BCUT2D eigenvalue weighted by Gasteiger charge is 2.20. The predicted octanol–water partition coefficient (Wildman–Crippen LogP) is 4.27. The number of hydrogen-bond donors (Lipinski definition) is 0. The number of nitrogens with zero attached hydrogens (tertiary/aromatic N) is 1. The number of benzene rings is 2. The molecule has 19 heavy (non-hydrogen) atoms. The van der Waals surface area contributed by atoms with Gasteiger partial charge in [-0.1, -0.05) is 18.2 Å². The number of alkyl halides is 1. The Morgan fingerprint density at radius 3 is 2.68 bits per heavy atom. The van der Waals surface area contributed by atoms with Crippen LogP contribution < -0.4 is 4.74 Å². The van der Waals surface area contributed by atoms with Gasteiger partial charge in [-0.2, -0.15) is 0 Å². The summed E-state index contributed by atoms with van der Waals surface area (Å²) in [6.07, 6.45) is 0. The van der Waals surface area contributed by atoms with Gasteiger partial charge in [-0.15, -0.1) is 11.6 Å². The Labute approximate surface area is 113 Å². The van der Waals surface area contributed by atoms with Gasteiger partial charge >= 0.3 is 5.69 Å². The maximum Gasteiger partial charge on any atom is 0.314 e. The molecule has 98 valence electrons. The van der Waals surface area contributed by atoms with Crippen LogP contribution in [0.2, 0.25) is 0 Å². The van der Waals surface area contributed by atoms with E-state index in [9.17, 15) is 14.5 Å². The SMILES string of the molecule is O=[N+]([O-])c1cccc(F)c1Oc1cccc(CCl)c1. The van der Waals surface area contributed by atoms with Crippen molar-refractivity contribution in [3.8, 4) is 11.5 Å². The van der Waals surface area contributed by atoms with Crippen LogP contribution in [0.5, 0.6) is 11.5 Å². The van der Waals surface area contributed by atoms with Crippen molar-refractivity contribution in [2.24, 2.45) is 0 Å². The van der Waals surface area contributed by atoms with E-state index < -0.39 is 22.2 Å². The Morgan fingerprint density at radius 2 is 2.00 bits per heavy atom. The van der Waals surface area contributed by atoms with Crippen LogP contribution in [0, 0.1) is 15.9 Å². The minimum atomic E-state index is -0.787. The van der Waals surface area contributed by atoms with Crippen LogP contribution in [0.15, 0.2) is 42.5 Å². The topological polar surface area (TPSA) is 52.4 Å². The second-order valence-electron chi connectivity index (χ2n) is 3.73. The second-order valence-corrected chi connectivity index (χ2v) is 4.00. The fourth-order valence-electron chi connectivity index (χ4n) is 1.55. The molecule has 0 radical (unpaired) electrons. The van der Waals surface area contributed by atoms with E-state index in [4.69, 9.17) is 16.3 Å². The number of nitro benzene ring substituents is 1. The molecule has 0 spiro atoms. The van der Waals surface area contributed by atoms with Gasteiger partial charge in [-0.3, -0.25) is 10.1 Å². The van der Waals surface area contributed by atoms with Gasteiger partial charge in [0.15, 0.2) is 5.82 Å². The number of halogens is 2. The summed E-state index contributed by atoms with van der Waals surface area (Å²) in [6.45, 7) is 0. The Kier molecular flexibility index (Phi) is 3.97. The molecule has 0 aliphatic carbocycles. The van der Waals surface area contributed by atoms with E-state index in [1.54, 1.807) is 24.3 Å². The summed E-state index contributed by atoms with van der Waals surface area (Å²) in [4.78, 5) is 10.1. The smallest absolute Gasteiger partial charge is 0.314 e. The van der Waals surface area contributed by atoms with Crippen LogP contribution in [0.3, 0.4) is 0 Å². The summed E-state index contributed by atoms with van der Waals surface area (Å²) in [7, 11) is 0. The first-order valence-corrected chi connectivity index (χ1v) is 5.91. The number of para-hydroxylation sites is 1. The number of hydrogen-bond acceptors (Lipinski definition) is 3. The lowest BCUT2D eigenvalue weighted by atomic mass is 10.2. The standard InChI is InChI=1S/C13H9ClFNO3/c14-8-9-3-1-4-10(7-9)19-13-11(15)5-2-6-12(13)16(17)18/h1-7H,8H2. The monoisotopic (exact) mass is 281 g/mol. The third-order valence-corrected chi connectivity index (χ3v) is 2.72. The molecule has 6 heteroatoms. The van der Waals surface area contributed by atoms with Gasteiger partial charge in [0, 0.05) is 11.9 Å². The highest BCUT2D eigenvalue weighted by Crippen LogP contribution is 2.34. The molecular weight excluding hydrogens is 273 g/mol. The van der Waals surface area contributed by atoms with E-state index in [-0.39, 0.29) is 5.88 Å². The van der Waals surface area contributed by atoms with Crippen molar-refractivity contribution >= 4 is 17.3 Å². The normalized spacial score (nSPS) is 10.2. The number of nitro groups is 1. The Hall–Kier alpha value is -2.14. The highest BCUT2D eigenvalue weighted by atomic mass is 35.5. The molecule has 0 amide bonds. The van der Waals surface area contributed by atoms with Crippen molar-refractivity contribution in [1.29, 1.82) is 0 Å². The third kappa shape index (κ3) is 3.00. The lowest BCUT2D eigenvalue weighted by molar-refractivity contribution is -0.385. The molecule has 0 aliphatic rings. The molecule has 0 saturated carbocycles. The summed E-state index contributed by atoms with van der Waals surface area (Å²) in [6, 6.07) is 10.2. The number of ether oxygens (including phenoxy) is 1. The minimum absolute atomic E-state index is 0.274. The molecule has 0 fully saturated rings. The van der Waals surface area contributed by atoms with E-state index in [0.29, 0.717) is 5.75 Å². The first-order chi connectivity index (χ1) is 9.11. The molecule has 0 N–H and O–H groups in total. The van der Waals surface area contributed by atoms with E-state index in [0.717, 1.165) is 11.6 Å². The highest BCUT2D eigenvalue weighted by molar-refractivity contribution is 6.17. The van der Waals surface area contributed by atoms with Crippen LogP contribution in [0.4, 0.5) is 10.1 Å². The zero-order chi connectivity index (χ0) is 13.8. The van der Waals surface area contributed by atoms with E-state index >= 15 is 0 Å². The molecule has 0 atom stereocenters. The summed E-state index contributed by atoms with van der Waals surface area (Å²) in [5.41, 5.74) is 0.356. The Bertz CT molecular complexity index is 619. The molecule has 0 aromatic heterocycles. The van der Waals surface area contributed by atoms with Crippen molar-refractivity contribution in [2.75, 3.05) is 0 Å². The maximum absolute atomic E-state index is 13.6. The zero-order valence-electron chi connectivity index (χ0n) is 9.68. The van der Waals surface area contributed by atoms with Gasteiger partial charge in [0.2, 0.25) is 5.75 Å². The fraction of sp³-hybridized carbons (Fsp3) is 0.0769. The van der Waals surface area contributed by atoms with Crippen molar-refractivity contribution in [2.45, 2.75) is 5.88 Å². The summed E-state index contributed by atoms with van der Waals surface area (Å²) in [5, 5.41) is 10.8. The van der Waals surface area contributed by atoms with Crippen molar-refractivity contribution < 1.29 is 14.1 Å². The first kappa shape index (κ1) is 13.3.